The smallest absolute Gasteiger partial charge is 0.336 e. The van der Waals surface area contributed by atoms with Gasteiger partial charge in [-0.15, -0.1) is 0 Å². The molecular weight excluding hydrogens is 346 g/mol. The summed E-state index contributed by atoms with van der Waals surface area (Å²) in [6, 6.07) is 9.07. The third-order valence-electron chi connectivity index (χ3n) is 8.10. The van der Waals surface area contributed by atoms with Crippen LogP contribution >= 0.6 is 0 Å². The molecule has 5 atom stereocenters. The van der Waals surface area contributed by atoms with Crippen molar-refractivity contribution in [2.75, 3.05) is 7.05 Å². The number of aryl methyl sites for hydroxylation is 1. The fraction of sp³-hybridized carbons (Fsp3) is 0.560. The Hall–Kier alpha value is -2.03. The molecule has 0 spiro atoms. The van der Waals surface area contributed by atoms with E-state index in [2.05, 4.69) is 31.2 Å². The first kappa shape index (κ1) is 18.0. The predicted octanol–water partition coefficient (Wildman–Crippen LogP) is 5.19. The average molecular weight is 378 g/mol. The van der Waals surface area contributed by atoms with Crippen LogP contribution in [0, 0.1) is 17.3 Å². The Bertz CT molecular complexity index is 841. The van der Waals surface area contributed by atoms with Gasteiger partial charge in [0.1, 0.15) is 6.10 Å². The summed E-state index contributed by atoms with van der Waals surface area (Å²) in [4.78, 5) is 14.7. The summed E-state index contributed by atoms with van der Waals surface area (Å²) >= 11 is 0. The molecule has 3 unspecified atom stereocenters. The molecule has 3 aliphatic carbocycles. The number of fused-ring (bicyclic) bond motifs is 5. The van der Waals surface area contributed by atoms with Crippen LogP contribution in [-0.2, 0) is 16.0 Å². The molecule has 148 valence electrons. The van der Waals surface area contributed by atoms with Gasteiger partial charge in [-0.3, -0.25) is 0 Å². The molecule has 1 aromatic carbocycles. The van der Waals surface area contributed by atoms with E-state index in [1.165, 1.54) is 32.1 Å². The zero-order valence-corrected chi connectivity index (χ0v) is 17.1. The molecule has 2 saturated carbocycles. The van der Waals surface area contributed by atoms with Gasteiger partial charge < -0.3 is 9.64 Å². The minimum atomic E-state index is -0.112. The largest absolute Gasteiger partial charge is 0.458 e. The van der Waals surface area contributed by atoms with E-state index < -0.39 is 0 Å². The van der Waals surface area contributed by atoms with Crippen LogP contribution in [0.2, 0.25) is 0 Å². The van der Waals surface area contributed by atoms with Gasteiger partial charge in [0.25, 0.3) is 0 Å². The van der Waals surface area contributed by atoms with Crippen molar-refractivity contribution in [1.29, 1.82) is 0 Å². The molecule has 5 rings (SSSR count). The van der Waals surface area contributed by atoms with E-state index in [1.807, 2.05) is 30.4 Å². The SMILES string of the molecule is CN1C=CCC(C(=O)O[C@H]2CCC3C4CCc5ccccc5C4CC[C@@]32C)=C1. The molecule has 3 nitrogen and oxygen atoms in total. The first-order valence-electron chi connectivity index (χ1n) is 10.9. The number of nitrogens with zero attached hydrogens (tertiary/aromatic N) is 1. The number of carbonyl (C=O) groups excluding carboxylic acids is 1. The molecule has 0 bridgehead atoms. The number of ether oxygens (including phenoxy) is 1. The van der Waals surface area contributed by atoms with Crippen molar-refractivity contribution in [3.8, 4) is 0 Å². The van der Waals surface area contributed by atoms with E-state index in [9.17, 15) is 4.79 Å². The summed E-state index contributed by atoms with van der Waals surface area (Å²) in [6.45, 7) is 2.40. The lowest BCUT2D eigenvalue weighted by molar-refractivity contribution is -0.153. The van der Waals surface area contributed by atoms with Gasteiger partial charge in [-0.2, -0.15) is 0 Å². The van der Waals surface area contributed by atoms with Crippen molar-refractivity contribution in [2.45, 2.75) is 63.9 Å². The maximum Gasteiger partial charge on any atom is 0.336 e. The van der Waals surface area contributed by atoms with Crippen LogP contribution in [0.5, 0.6) is 0 Å². The first-order chi connectivity index (χ1) is 13.6. The molecule has 3 heteroatoms. The summed E-state index contributed by atoms with van der Waals surface area (Å²) in [5.74, 6) is 2.03. The fourth-order valence-electron chi connectivity index (χ4n) is 6.70. The number of rotatable bonds is 2. The lowest BCUT2D eigenvalue weighted by Gasteiger charge is -2.50. The summed E-state index contributed by atoms with van der Waals surface area (Å²) in [6.07, 6.45) is 13.8. The van der Waals surface area contributed by atoms with Crippen molar-refractivity contribution < 1.29 is 9.53 Å². The van der Waals surface area contributed by atoms with E-state index in [4.69, 9.17) is 4.74 Å². The number of benzene rings is 1. The van der Waals surface area contributed by atoms with Crippen LogP contribution in [0.15, 0.2) is 48.3 Å². The van der Waals surface area contributed by atoms with E-state index >= 15 is 0 Å². The van der Waals surface area contributed by atoms with Crippen LogP contribution in [0.25, 0.3) is 0 Å². The normalized spacial score (nSPS) is 36.2. The van der Waals surface area contributed by atoms with Gasteiger partial charge in [0, 0.05) is 25.1 Å². The van der Waals surface area contributed by atoms with Gasteiger partial charge >= 0.3 is 5.97 Å². The Morgan fingerprint density at radius 1 is 1.18 bits per heavy atom. The second-order valence-corrected chi connectivity index (χ2v) is 9.54. The van der Waals surface area contributed by atoms with Crippen LogP contribution in [0.3, 0.4) is 0 Å². The highest BCUT2D eigenvalue weighted by atomic mass is 16.5. The molecule has 0 amide bonds. The van der Waals surface area contributed by atoms with Crippen LogP contribution < -0.4 is 0 Å². The molecule has 1 heterocycles. The Balaban J connectivity index is 1.34. The number of hydrogen-bond acceptors (Lipinski definition) is 3. The van der Waals surface area contributed by atoms with Gasteiger partial charge in [0.15, 0.2) is 0 Å². The second kappa shape index (κ2) is 6.79. The van der Waals surface area contributed by atoms with Gasteiger partial charge in [0.2, 0.25) is 0 Å². The highest BCUT2D eigenvalue weighted by Gasteiger charge is 2.56. The maximum absolute atomic E-state index is 12.8. The number of carbonyl (C=O) groups is 1. The Labute approximate surface area is 168 Å². The highest BCUT2D eigenvalue weighted by molar-refractivity contribution is 5.89. The molecule has 2 fully saturated rings. The molecule has 0 aromatic heterocycles. The Kier molecular flexibility index (Phi) is 4.37. The van der Waals surface area contributed by atoms with Gasteiger partial charge in [-0.1, -0.05) is 37.3 Å². The lowest BCUT2D eigenvalue weighted by Crippen LogP contribution is -2.45. The number of allylic oxidation sites excluding steroid dienone is 1. The lowest BCUT2D eigenvalue weighted by atomic mass is 9.55. The van der Waals surface area contributed by atoms with Crippen molar-refractivity contribution >= 4 is 5.97 Å². The van der Waals surface area contributed by atoms with Gasteiger partial charge in [-0.25, -0.2) is 4.79 Å². The van der Waals surface area contributed by atoms with E-state index in [-0.39, 0.29) is 17.5 Å². The zero-order chi connectivity index (χ0) is 19.3. The summed E-state index contributed by atoms with van der Waals surface area (Å²) in [7, 11) is 1.96. The number of hydrogen-bond donors (Lipinski definition) is 0. The Morgan fingerprint density at radius 2 is 2.04 bits per heavy atom. The quantitative estimate of drug-likeness (QED) is 0.665. The van der Waals surface area contributed by atoms with Crippen molar-refractivity contribution in [3.05, 3.63) is 59.4 Å². The van der Waals surface area contributed by atoms with Crippen LogP contribution in [0.4, 0.5) is 0 Å². The van der Waals surface area contributed by atoms with E-state index in [0.717, 1.165) is 17.9 Å². The fourth-order valence-corrected chi connectivity index (χ4v) is 6.70. The highest BCUT2D eigenvalue weighted by Crippen LogP contribution is 2.61. The first-order valence-corrected chi connectivity index (χ1v) is 10.9. The maximum atomic E-state index is 12.8. The standard InChI is InChI=1S/C25H31NO2/c1-25-14-13-20-19-8-4-3-6-17(19)9-10-21(20)22(25)11-12-23(25)28-24(27)18-7-5-15-26(2)16-18/h3-6,8,15-16,20-23H,7,9-14H2,1-2H3/t20?,21?,22?,23-,25-/m0/s1. The van der Waals surface area contributed by atoms with Crippen LogP contribution in [-0.4, -0.2) is 24.0 Å². The third kappa shape index (κ3) is 2.82. The molecule has 4 aliphatic rings. The zero-order valence-electron chi connectivity index (χ0n) is 17.1. The van der Waals surface area contributed by atoms with E-state index in [1.54, 1.807) is 11.1 Å². The summed E-state index contributed by atoms with van der Waals surface area (Å²) in [5, 5.41) is 0. The van der Waals surface area contributed by atoms with Gasteiger partial charge in [0.05, 0.1) is 5.57 Å². The minimum absolute atomic E-state index is 0.0697. The summed E-state index contributed by atoms with van der Waals surface area (Å²) < 4.78 is 6.15. The van der Waals surface area contributed by atoms with Crippen LogP contribution in [0.1, 0.15) is 62.5 Å². The molecule has 1 aliphatic heterocycles. The molecule has 28 heavy (non-hydrogen) atoms. The van der Waals surface area contributed by atoms with Crippen molar-refractivity contribution in [3.63, 3.8) is 0 Å². The monoisotopic (exact) mass is 377 g/mol. The molecule has 1 aromatic rings. The van der Waals surface area contributed by atoms with Crippen molar-refractivity contribution in [1.82, 2.24) is 4.90 Å². The molecule has 0 saturated heterocycles. The average Bonchev–Trinajstić information content (AvgIpc) is 3.04. The van der Waals surface area contributed by atoms with Gasteiger partial charge in [-0.05, 0) is 73.6 Å². The molecule has 0 radical (unpaired) electrons. The van der Waals surface area contributed by atoms with E-state index in [0.29, 0.717) is 18.3 Å². The predicted molar refractivity (Wildman–Crippen MR) is 111 cm³/mol. The minimum Gasteiger partial charge on any atom is -0.458 e. The molecule has 0 N–H and O–H groups in total. The number of esters is 1. The Morgan fingerprint density at radius 3 is 2.89 bits per heavy atom. The third-order valence-corrected chi connectivity index (χ3v) is 8.10. The topological polar surface area (TPSA) is 29.5 Å². The second-order valence-electron chi connectivity index (χ2n) is 9.54. The van der Waals surface area contributed by atoms with Crippen molar-refractivity contribution in [2.24, 2.45) is 17.3 Å². The molecular formula is C25H31NO2. The summed E-state index contributed by atoms with van der Waals surface area (Å²) in [5.41, 5.74) is 4.08.